The van der Waals surface area contributed by atoms with Gasteiger partial charge < -0.3 is 84.1 Å². The van der Waals surface area contributed by atoms with Crippen molar-refractivity contribution in [3.63, 3.8) is 0 Å². The van der Waals surface area contributed by atoms with Gasteiger partial charge in [-0.1, -0.05) is 60.7 Å². The van der Waals surface area contributed by atoms with Gasteiger partial charge in [-0.3, -0.25) is 33.9 Å². The van der Waals surface area contributed by atoms with Gasteiger partial charge in [0.15, 0.2) is 6.10 Å². The number of carbonyl (C=O) groups excluding carboxylic acids is 8. The summed E-state index contributed by atoms with van der Waals surface area (Å²) in [6, 6.07) is 45.6. The van der Waals surface area contributed by atoms with Crippen molar-refractivity contribution in [2.75, 3.05) is 0 Å². The number of aromatic nitrogens is 9. The molecule has 5 aromatic carbocycles. The van der Waals surface area contributed by atoms with Crippen LogP contribution >= 0.6 is 0 Å². The molecule has 36 heteroatoms. The third-order valence-corrected chi connectivity index (χ3v) is 25.1. The molecule has 148 heavy (non-hydrogen) atoms. The van der Waals surface area contributed by atoms with Crippen LogP contribution in [0.4, 0.5) is 13.2 Å². The number of aromatic carboxylic acids is 1. The molecule has 0 saturated heterocycles. The number of imide groups is 1. The number of aliphatic hydroxyl groups excluding tert-OH is 4. The van der Waals surface area contributed by atoms with Crippen LogP contribution in [0, 0.1) is 0 Å². The van der Waals surface area contributed by atoms with Gasteiger partial charge in [0.05, 0.1) is 107 Å². The number of carboxylic acid groups (broad SMARTS) is 1. The van der Waals surface area contributed by atoms with Crippen molar-refractivity contribution in [1.82, 2.24) is 52.7 Å². The number of alkyl halides is 3. The number of carbonyl (C=O) groups is 9. The van der Waals surface area contributed by atoms with Crippen molar-refractivity contribution in [3.8, 4) is 0 Å². The third kappa shape index (κ3) is 29.6. The molecule has 11 N–H and O–H groups in total. The number of fused-ring (bicyclic) bond motifs is 4. The van der Waals surface area contributed by atoms with Crippen LogP contribution in [-0.2, 0) is 44.7 Å². The van der Waals surface area contributed by atoms with Crippen molar-refractivity contribution < 1.29 is 131 Å². The van der Waals surface area contributed by atoms with Gasteiger partial charge in [-0.05, 0) is 328 Å². The molecular weight excluding hydrogens is 1900 g/mol. The molecule has 7 fully saturated rings. The zero-order valence-corrected chi connectivity index (χ0v) is 84.0. The van der Waals surface area contributed by atoms with Gasteiger partial charge in [0.1, 0.15) is 41.2 Å². The van der Waals surface area contributed by atoms with Crippen LogP contribution < -0.4 is 29.9 Å². The molecule has 7 aliphatic rings. The number of carboxylic acids is 1. The van der Waals surface area contributed by atoms with Crippen molar-refractivity contribution in [2.24, 2.45) is 5.73 Å². The Labute approximate surface area is 865 Å². The Morgan fingerprint density at radius 1 is 0.432 bits per heavy atom. The Bertz CT molecular complexity index is 7050. The number of esters is 3. The SMILES string of the molecule is CC(C)(C)OC(=O)c1cccc(C(O)c2c(C3CC3)ccn3cncc23)c1.CC(C)(C)OC(=O)c1cccc(C(O)c2c(C3CC3)ccnc2CN(C=O)C=O)c1.CC(C)(C)OC(=O)c1cccc(C(OC=O)c2c(C3CC3)ccn3cncc23)c1.NC1CC1.O.O=C(NC1CC1)c1cccc(C(O)c2c(C3CC3)ccn3cncc23)c1.O=C(O)c1cccc(C(O)c2c(C3CC3)ccn3cncc23)c1.O=CC(F)(F)F.[Li+].[OH-]. The minimum absolute atomic E-state index is 0. The van der Waals surface area contributed by atoms with E-state index in [0.29, 0.717) is 111 Å². The van der Waals surface area contributed by atoms with E-state index in [0.717, 1.165) is 160 Å². The number of benzene rings is 5. The average molecular weight is 2020 g/mol. The van der Waals surface area contributed by atoms with E-state index in [1.165, 1.54) is 30.5 Å². The van der Waals surface area contributed by atoms with E-state index in [4.69, 9.17) is 34.6 Å². The minimum atomic E-state index is -4.64. The molecule has 32 nitrogen and oxygen atoms in total. The van der Waals surface area contributed by atoms with Gasteiger partial charge in [-0.2, -0.15) is 13.2 Å². The number of aliphatic hydroxyl groups is 4. The summed E-state index contributed by atoms with van der Waals surface area (Å²) in [6.45, 7) is 16.8. The van der Waals surface area contributed by atoms with Gasteiger partial charge in [0.2, 0.25) is 19.1 Å². The molecule has 14 aromatic rings. The zero-order valence-electron chi connectivity index (χ0n) is 84.0. The topological polar surface area (TPSA) is 477 Å². The van der Waals surface area contributed by atoms with Crippen LogP contribution in [0.5, 0.6) is 0 Å². The van der Waals surface area contributed by atoms with Crippen molar-refractivity contribution >= 4 is 77.4 Å². The average Bonchev–Trinajstić information content (AvgIpc) is 1.67. The van der Waals surface area contributed by atoms with E-state index in [-0.39, 0.29) is 53.8 Å². The van der Waals surface area contributed by atoms with Gasteiger partial charge in [-0.15, -0.1) is 0 Å². The summed E-state index contributed by atoms with van der Waals surface area (Å²) in [5.41, 5.74) is 22.4. The fourth-order valence-electron chi connectivity index (χ4n) is 17.1. The van der Waals surface area contributed by atoms with Crippen LogP contribution in [0.2, 0.25) is 0 Å². The molecule has 9 aromatic heterocycles. The number of hydrogen-bond donors (Lipinski definition) is 7. The number of nitrogens with two attached hydrogens (primary N) is 1. The molecule has 9 heterocycles. The standard InChI is InChI=1S/C23H26N2O5.C23H24N2O4.C22H24N2O3.C21H21N3O2.C18H16N2O3.C3H7N.C2HF3O.Li.2H2O/c1-23(2,3)30-22(29)17-6-4-5-16(11-17)21(28)20-18(15-7-8-15)9-10-24-19(20)12-25(13-26)14-27;1-23(2,3)29-22(27)17-6-4-5-16(11-17)21(28-14-26)20-18(15-7-8-15)9-10-25-13-24-12-19(20)25;1-22(2,3)27-21(26)16-6-4-5-15(11-16)20(25)19-17(14-7-8-14)9-10-24-13-23-12-18(19)24;25-20(14-2-1-3-15(10-14)21(26)23-16-6-7-16)19-17(13-4-5-13)8-9-24-12-22-11-18(19)24;21-17(12-2-1-3-13(8-12)18(22)23)16-14(11-4-5-11)6-7-20-10-19-9-15(16)20;4-3-1-2-3;3-2(4,5)1-6;;;/h4-6,9-11,13-15,21,28H,7-8,12H2,1-3H3;4-6,9-15,21H,7-8H2,1-3H3;4-6,9-14,20,25H,7-8H2,1-3H3;1-3,8-13,16,20,25H,4-7H2,(H,23,26);1-3,6-11,17,21H,4-5H2,(H,22,23);3H,1-2,4H2;1H;;2*1H2/q;;;;;;;+1;;/p-1. The molecule has 5 unspecified atom stereocenters. The fraction of sp³-hybridized carbons (Fsp3) is 0.357. The summed E-state index contributed by atoms with van der Waals surface area (Å²) in [5, 5.41) is 56.7. The first-order valence-electron chi connectivity index (χ1n) is 48.5. The van der Waals surface area contributed by atoms with E-state index in [2.05, 4.69) is 48.4 Å². The maximum absolute atomic E-state index is 12.5. The number of imidazole rings is 4. The molecule has 0 radical (unpaired) electrons. The van der Waals surface area contributed by atoms with Crippen molar-refractivity contribution in [3.05, 3.63) is 350 Å². The van der Waals surface area contributed by atoms with Crippen molar-refractivity contribution in [1.29, 1.82) is 0 Å². The van der Waals surface area contributed by atoms with Crippen LogP contribution in [0.15, 0.2) is 233 Å². The predicted octanol–water partition coefficient (Wildman–Crippen LogP) is 14.8. The summed E-state index contributed by atoms with van der Waals surface area (Å²) in [5.74, 6) is -0.0838. The Morgan fingerprint density at radius 2 is 0.723 bits per heavy atom. The first-order valence-corrected chi connectivity index (χ1v) is 48.5. The largest absolute Gasteiger partial charge is 1.00 e. The van der Waals surface area contributed by atoms with Crippen LogP contribution in [0.1, 0.15) is 353 Å². The maximum Gasteiger partial charge on any atom is 1.00 e. The first kappa shape index (κ1) is 112. The number of nitrogens with one attached hydrogen (secondary N) is 1. The Hall–Kier alpha value is -14.3. The number of ether oxygens (including phenoxy) is 4. The van der Waals surface area contributed by atoms with Gasteiger partial charge in [-0.25, -0.2) is 39.1 Å². The number of halogens is 3. The molecule has 7 saturated carbocycles. The zero-order chi connectivity index (χ0) is 104. The Balaban J connectivity index is 0.000000160. The number of pyridine rings is 5. The summed E-state index contributed by atoms with van der Waals surface area (Å²) < 4.78 is 60.9. The molecule has 772 valence electrons. The van der Waals surface area contributed by atoms with Crippen LogP contribution in [-0.4, -0.2) is 174 Å². The van der Waals surface area contributed by atoms with E-state index in [1.807, 2.05) is 120 Å². The van der Waals surface area contributed by atoms with Crippen LogP contribution in [0.3, 0.4) is 0 Å². The molecule has 7 aliphatic carbocycles. The van der Waals surface area contributed by atoms with E-state index in [1.54, 1.807) is 162 Å². The second-order valence-electron chi connectivity index (χ2n) is 40.4. The number of hydrogen-bond acceptors (Lipinski definition) is 24. The van der Waals surface area contributed by atoms with E-state index < -0.39 is 77.7 Å². The summed E-state index contributed by atoms with van der Waals surface area (Å²) in [7, 11) is 0. The number of nitrogens with zero attached hydrogens (tertiary/aromatic N) is 10. The smallest absolute Gasteiger partial charge is 0.870 e. The predicted molar refractivity (Wildman–Crippen MR) is 538 cm³/mol. The second kappa shape index (κ2) is 48.6. The van der Waals surface area contributed by atoms with E-state index in [9.17, 15) is 72.0 Å². The number of rotatable bonds is 27. The molecule has 0 spiro atoms. The summed E-state index contributed by atoms with van der Waals surface area (Å²) in [4.78, 5) is 125. The Morgan fingerprint density at radius 3 is 1.03 bits per heavy atom. The maximum atomic E-state index is 12.5. The normalized spacial score (nSPS) is 15.6. The summed E-state index contributed by atoms with van der Waals surface area (Å²) >= 11 is 0. The van der Waals surface area contributed by atoms with Gasteiger partial charge in [0, 0.05) is 76.4 Å². The molecule has 21 rings (SSSR count). The molecule has 5 atom stereocenters. The third-order valence-electron chi connectivity index (χ3n) is 25.1. The van der Waals surface area contributed by atoms with Crippen LogP contribution in [0.25, 0.3) is 22.1 Å². The number of amides is 3. The van der Waals surface area contributed by atoms with Gasteiger partial charge >= 0.3 is 48.9 Å². The second-order valence-corrected chi connectivity index (χ2v) is 40.4. The monoisotopic (exact) mass is 2020 g/mol. The first-order chi connectivity index (χ1) is 69.2. The molecular formula is C112H122F3LiN12O20. The molecule has 3 amide bonds. The molecule has 0 bridgehead atoms. The minimum Gasteiger partial charge on any atom is -0.870 e. The van der Waals surface area contributed by atoms with Gasteiger partial charge in [0.25, 0.3) is 12.4 Å². The fourth-order valence-corrected chi connectivity index (χ4v) is 17.1. The summed E-state index contributed by atoms with van der Waals surface area (Å²) in [6.07, 6.45) is 30.3. The number of aldehydes is 1. The van der Waals surface area contributed by atoms with E-state index >= 15 is 0 Å². The molecule has 0 aliphatic heterocycles. The Kier molecular flexibility index (Phi) is 36.9. The van der Waals surface area contributed by atoms with Crippen molar-refractivity contribution in [2.45, 2.75) is 254 Å². The quantitative estimate of drug-likeness (QED) is 0.0109.